The van der Waals surface area contributed by atoms with Crippen molar-refractivity contribution in [1.82, 2.24) is 10.3 Å². The van der Waals surface area contributed by atoms with Crippen LogP contribution < -0.4 is 5.32 Å². The predicted molar refractivity (Wildman–Crippen MR) is 76.9 cm³/mol. The fourth-order valence-electron chi connectivity index (χ4n) is 2.10. The first kappa shape index (κ1) is 13.8. The van der Waals surface area contributed by atoms with Gasteiger partial charge in [-0.05, 0) is 18.9 Å². The van der Waals surface area contributed by atoms with Crippen molar-refractivity contribution >= 4 is 0 Å². The third-order valence-corrected chi connectivity index (χ3v) is 3.34. The SMILES string of the molecule is CCc1cnc(CNC(CC)c2ccc(C)cc2)o1. The third-order valence-electron chi connectivity index (χ3n) is 3.34. The number of hydrogen-bond acceptors (Lipinski definition) is 3. The van der Waals surface area contributed by atoms with Crippen LogP contribution in [0, 0.1) is 6.92 Å². The molecular weight excluding hydrogens is 236 g/mol. The Bertz CT molecular complexity index is 502. The summed E-state index contributed by atoms with van der Waals surface area (Å²) in [6, 6.07) is 9.02. The number of aromatic nitrogens is 1. The first-order chi connectivity index (χ1) is 9.22. The standard InChI is InChI=1S/C16H22N2O/c1-4-14-10-18-16(19-14)11-17-15(5-2)13-8-6-12(3)7-9-13/h6-10,15,17H,4-5,11H2,1-3H3. The van der Waals surface area contributed by atoms with Crippen molar-refractivity contribution in [2.45, 2.75) is 46.2 Å². The lowest BCUT2D eigenvalue weighted by Crippen LogP contribution is -2.20. The van der Waals surface area contributed by atoms with Crippen LogP contribution in [0.5, 0.6) is 0 Å². The molecular formula is C16H22N2O. The van der Waals surface area contributed by atoms with Crippen LogP contribution >= 0.6 is 0 Å². The molecule has 3 nitrogen and oxygen atoms in total. The minimum atomic E-state index is 0.345. The molecule has 0 fully saturated rings. The van der Waals surface area contributed by atoms with Gasteiger partial charge in [0.05, 0.1) is 12.7 Å². The van der Waals surface area contributed by atoms with Gasteiger partial charge >= 0.3 is 0 Å². The number of rotatable bonds is 6. The average Bonchev–Trinajstić information content (AvgIpc) is 2.89. The molecule has 1 heterocycles. The fourth-order valence-corrected chi connectivity index (χ4v) is 2.10. The van der Waals surface area contributed by atoms with Crippen LogP contribution in [0.25, 0.3) is 0 Å². The van der Waals surface area contributed by atoms with Gasteiger partial charge < -0.3 is 9.73 Å². The largest absolute Gasteiger partial charge is 0.444 e. The van der Waals surface area contributed by atoms with E-state index in [-0.39, 0.29) is 0 Å². The van der Waals surface area contributed by atoms with Gasteiger partial charge in [0.15, 0.2) is 0 Å². The zero-order valence-corrected chi connectivity index (χ0v) is 11.9. The van der Waals surface area contributed by atoms with E-state index in [1.807, 2.05) is 6.20 Å². The number of nitrogens with zero attached hydrogens (tertiary/aromatic N) is 1. The van der Waals surface area contributed by atoms with Gasteiger partial charge in [-0.3, -0.25) is 0 Å². The van der Waals surface area contributed by atoms with Crippen molar-refractivity contribution in [1.29, 1.82) is 0 Å². The van der Waals surface area contributed by atoms with Gasteiger partial charge in [0.25, 0.3) is 0 Å². The topological polar surface area (TPSA) is 38.1 Å². The van der Waals surface area contributed by atoms with Gasteiger partial charge in [-0.25, -0.2) is 4.98 Å². The summed E-state index contributed by atoms with van der Waals surface area (Å²) >= 11 is 0. The molecule has 0 bridgehead atoms. The Kier molecular flexibility index (Phi) is 4.74. The van der Waals surface area contributed by atoms with Crippen molar-refractivity contribution in [2.75, 3.05) is 0 Å². The van der Waals surface area contributed by atoms with Gasteiger partial charge in [0.2, 0.25) is 5.89 Å². The second kappa shape index (κ2) is 6.53. The molecule has 1 N–H and O–H groups in total. The highest BCUT2D eigenvalue weighted by Crippen LogP contribution is 2.17. The van der Waals surface area contributed by atoms with Crippen molar-refractivity contribution in [3.8, 4) is 0 Å². The molecule has 1 atom stereocenters. The van der Waals surface area contributed by atoms with Crippen molar-refractivity contribution in [3.05, 3.63) is 53.2 Å². The van der Waals surface area contributed by atoms with E-state index in [1.54, 1.807) is 0 Å². The van der Waals surface area contributed by atoms with Gasteiger partial charge in [0.1, 0.15) is 5.76 Å². The van der Waals surface area contributed by atoms with Gasteiger partial charge in [0, 0.05) is 12.5 Å². The Morgan fingerprint density at radius 3 is 2.53 bits per heavy atom. The number of nitrogens with one attached hydrogen (secondary N) is 1. The molecule has 0 saturated heterocycles. The van der Waals surface area contributed by atoms with Gasteiger partial charge in [-0.1, -0.05) is 43.7 Å². The lowest BCUT2D eigenvalue weighted by molar-refractivity contribution is 0.413. The molecule has 0 radical (unpaired) electrons. The lowest BCUT2D eigenvalue weighted by Gasteiger charge is -2.16. The Balaban J connectivity index is 1.97. The first-order valence-corrected chi connectivity index (χ1v) is 6.96. The molecule has 0 saturated carbocycles. The summed E-state index contributed by atoms with van der Waals surface area (Å²) < 4.78 is 5.61. The summed E-state index contributed by atoms with van der Waals surface area (Å²) in [4.78, 5) is 4.27. The summed E-state index contributed by atoms with van der Waals surface area (Å²) in [5.74, 6) is 1.71. The Morgan fingerprint density at radius 2 is 1.95 bits per heavy atom. The summed E-state index contributed by atoms with van der Waals surface area (Å²) in [7, 11) is 0. The van der Waals surface area contributed by atoms with E-state index in [4.69, 9.17) is 4.42 Å². The molecule has 0 spiro atoms. The summed E-state index contributed by atoms with van der Waals surface area (Å²) in [6.45, 7) is 7.03. The molecule has 2 aromatic rings. The lowest BCUT2D eigenvalue weighted by atomic mass is 10.0. The van der Waals surface area contributed by atoms with Crippen LogP contribution in [0.2, 0.25) is 0 Å². The van der Waals surface area contributed by atoms with E-state index in [9.17, 15) is 0 Å². The van der Waals surface area contributed by atoms with E-state index in [2.05, 4.69) is 55.3 Å². The monoisotopic (exact) mass is 258 g/mol. The van der Waals surface area contributed by atoms with Gasteiger partial charge in [-0.2, -0.15) is 0 Å². The van der Waals surface area contributed by atoms with Crippen LogP contribution in [0.1, 0.15) is 49.1 Å². The Morgan fingerprint density at radius 1 is 1.21 bits per heavy atom. The molecule has 1 aromatic carbocycles. The predicted octanol–water partition coefficient (Wildman–Crippen LogP) is 3.79. The maximum atomic E-state index is 5.61. The molecule has 102 valence electrons. The summed E-state index contributed by atoms with van der Waals surface area (Å²) in [5.41, 5.74) is 2.61. The maximum absolute atomic E-state index is 5.61. The maximum Gasteiger partial charge on any atom is 0.208 e. The quantitative estimate of drug-likeness (QED) is 0.856. The smallest absolute Gasteiger partial charge is 0.208 e. The van der Waals surface area contributed by atoms with E-state index >= 15 is 0 Å². The Hall–Kier alpha value is -1.61. The number of hydrogen-bond donors (Lipinski definition) is 1. The van der Waals surface area contributed by atoms with Crippen LogP contribution in [-0.4, -0.2) is 4.98 Å². The highest BCUT2D eigenvalue weighted by atomic mass is 16.4. The molecule has 0 aliphatic heterocycles. The minimum absolute atomic E-state index is 0.345. The van der Waals surface area contributed by atoms with Crippen molar-refractivity contribution < 1.29 is 4.42 Å². The second-order valence-corrected chi connectivity index (χ2v) is 4.83. The molecule has 19 heavy (non-hydrogen) atoms. The van der Waals surface area contributed by atoms with Crippen molar-refractivity contribution in [2.24, 2.45) is 0 Å². The fraction of sp³-hybridized carbons (Fsp3) is 0.438. The van der Waals surface area contributed by atoms with E-state index in [1.165, 1.54) is 11.1 Å². The molecule has 0 aliphatic carbocycles. The normalized spacial score (nSPS) is 12.6. The molecule has 1 aromatic heterocycles. The third kappa shape index (κ3) is 3.67. The number of benzene rings is 1. The second-order valence-electron chi connectivity index (χ2n) is 4.83. The van der Waals surface area contributed by atoms with Crippen molar-refractivity contribution in [3.63, 3.8) is 0 Å². The zero-order chi connectivity index (χ0) is 13.7. The van der Waals surface area contributed by atoms with E-state index < -0.39 is 0 Å². The summed E-state index contributed by atoms with van der Waals surface area (Å²) in [6.07, 6.45) is 3.75. The molecule has 1 unspecified atom stereocenters. The summed E-state index contributed by atoms with van der Waals surface area (Å²) in [5, 5.41) is 3.50. The van der Waals surface area contributed by atoms with Crippen LogP contribution in [0.4, 0.5) is 0 Å². The molecule has 0 amide bonds. The minimum Gasteiger partial charge on any atom is -0.444 e. The number of aryl methyl sites for hydroxylation is 2. The first-order valence-electron chi connectivity index (χ1n) is 6.96. The highest BCUT2D eigenvalue weighted by Gasteiger charge is 2.10. The Labute approximate surface area is 115 Å². The zero-order valence-electron chi connectivity index (χ0n) is 11.9. The van der Waals surface area contributed by atoms with Crippen LogP contribution in [0.3, 0.4) is 0 Å². The average molecular weight is 258 g/mol. The molecule has 0 aliphatic rings. The van der Waals surface area contributed by atoms with E-state index in [0.717, 1.165) is 24.5 Å². The molecule has 2 rings (SSSR count). The van der Waals surface area contributed by atoms with Gasteiger partial charge in [-0.15, -0.1) is 0 Å². The highest BCUT2D eigenvalue weighted by molar-refractivity contribution is 5.24. The van der Waals surface area contributed by atoms with Crippen LogP contribution in [0.15, 0.2) is 34.9 Å². The van der Waals surface area contributed by atoms with E-state index in [0.29, 0.717) is 12.6 Å². The number of oxazole rings is 1. The van der Waals surface area contributed by atoms with Crippen LogP contribution in [-0.2, 0) is 13.0 Å². The molecule has 3 heteroatoms.